The maximum absolute atomic E-state index is 12.8. The second-order valence-electron chi connectivity index (χ2n) is 10.1. The van der Waals surface area contributed by atoms with Crippen molar-refractivity contribution in [3.8, 4) is 0 Å². The van der Waals surface area contributed by atoms with E-state index in [1.807, 2.05) is 0 Å². The van der Waals surface area contributed by atoms with Crippen molar-refractivity contribution in [3.05, 3.63) is 12.2 Å². The lowest BCUT2D eigenvalue weighted by Crippen LogP contribution is -2.38. The quantitative estimate of drug-likeness (QED) is 0.178. The number of hydrogen-bond donors (Lipinski definition) is 2. The van der Waals surface area contributed by atoms with Crippen LogP contribution in [0.4, 0.5) is 0 Å². The molecular weight excluding hydrogens is 402 g/mol. The van der Waals surface area contributed by atoms with E-state index in [1.165, 1.54) is 43.8 Å². The number of fused-ring (bicyclic) bond motifs is 5. The lowest BCUT2D eigenvalue weighted by molar-refractivity contribution is -0.140. The average Bonchev–Trinajstić information content (AvgIpc) is 3.47. The van der Waals surface area contributed by atoms with E-state index in [2.05, 4.69) is 46.5 Å². The zero-order valence-corrected chi connectivity index (χ0v) is 19.9. The third kappa shape index (κ3) is 5.19. The number of carbonyl (C=O) groups is 2. The molecule has 2 amide bonds. The summed E-state index contributed by atoms with van der Waals surface area (Å²) >= 11 is 0. The molecule has 0 radical (unpaired) electrons. The number of rotatable bonds is 10. The number of hydrogen-bond acceptors (Lipinski definition) is 4. The summed E-state index contributed by atoms with van der Waals surface area (Å²) in [5.74, 6) is 2.21. The molecule has 0 aromatic rings. The Morgan fingerprint density at radius 1 is 1.00 bits per heavy atom. The largest absolute Gasteiger partial charge is 0.357 e. The summed E-state index contributed by atoms with van der Waals surface area (Å²) in [6.45, 7) is 10.9. The van der Waals surface area contributed by atoms with Gasteiger partial charge in [0.15, 0.2) is 5.96 Å². The number of allylic oxidation sites excluding steroid dienone is 2. The smallest absolute Gasteiger partial charge is 0.233 e. The van der Waals surface area contributed by atoms with Crippen LogP contribution in [0.25, 0.3) is 0 Å². The molecule has 0 spiro atoms. The van der Waals surface area contributed by atoms with Crippen molar-refractivity contribution in [1.29, 1.82) is 0 Å². The fourth-order valence-corrected chi connectivity index (χ4v) is 5.90. The van der Waals surface area contributed by atoms with Gasteiger partial charge in [-0.05, 0) is 82.8 Å². The highest BCUT2D eigenvalue weighted by molar-refractivity contribution is 6.06. The number of piperidine rings is 1. The molecule has 2 bridgehead atoms. The van der Waals surface area contributed by atoms with E-state index >= 15 is 0 Å². The second-order valence-corrected chi connectivity index (χ2v) is 10.1. The first kappa shape index (κ1) is 23.3. The topological polar surface area (TPSA) is 77.0 Å². The van der Waals surface area contributed by atoms with Crippen molar-refractivity contribution in [2.24, 2.45) is 34.6 Å². The first-order chi connectivity index (χ1) is 15.6. The van der Waals surface area contributed by atoms with Crippen LogP contribution in [-0.4, -0.2) is 73.4 Å². The molecule has 4 atom stereocenters. The number of likely N-dealkylation sites (tertiary alicyclic amines) is 2. The first-order valence-electron chi connectivity index (χ1n) is 12.9. The molecule has 7 heteroatoms. The van der Waals surface area contributed by atoms with E-state index in [1.54, 1.807) is 0 Å². The van der Waals surface area contributed by atoms with Gasteiger partial charge in [-0.2, -0.15) is 0 Å². The number of guanidine groups is 1. The molecule has 178 valence electrons. The van der Waals surface area contributed by atoms with Gasteiger partial charge in [0.1, 0.15) is 0 Å². The highest BCUT2D eigenvalue weighted by Gasteiger charge is 2.58. The SMILES string of the molecule is CCNC(=NCCCN1C(=O)C2C3C=CC(C3)C2C1=O)NCCCCN1CCC(C)CC1. The number of carbonyl (C=O) groups excluding carboxylic acids is 2. The lowest BCUT2D eigenvalue weighted by Gasteiger charge is -2.30. The van der Waals surface area contributed by atoms with Crippen LogP contribution >= 0.6 is 0 Å². The standard InChI is InChI=1S/C25H41N5O2/c1-3-26-25(27-11-4-5-13-29-15-9-18(2)10-16-29)28-12-6-14-30-23(31)21-19-7-8-20(17-19)22(21)24(30)32/h7-8,18-22H,3-6,9-17H2,1-2H3,(H2,26,27,28). The van der Waals surface area contributed by atoms with Gasteiger partial charge < -0.3 is 15.5 Å². The monoisotopic (exact) mass is 443 g/mol. The Hall–Kier alpha value is -1.89. The van der Waals surface area contributed by atoms with E-state index in [-0.39, 0.29) is 35.5 Å². The predicted molar refractivity (Wildman–Crippen MR) is 127 cm³/mol. The molecule has 4 unspecified atom stereocenters. The van der Waals surface area contributed by atoms with Crippen LogP contribution in [-0.2, 0) is 9.59 Å². The fourth-order valence-electron chi connectivity index (χ4n) is 5.90. The Balaban J connectivity index is 1.13. The third-order valence-electron chi connectivity index (χ3n) is 7.79. The summed E-state index contributed by atoms with van der Waals surface area (Å²) in [6.07, 6.45) is 11.0. The van der Waals surface area contributed by atoms with Gasteiger partial charge in [0.25, 0.3) is 0 Å². The van der Waals surface area contributed by atoms with Gasteiger partial charge in [0.05, 0.1) is 11.8 Å². The number of imide groups is 1. The zero-order valence-electron chi connectivity index (χ0n) is 19.9. The molecule has 2 aliphatic carbocycles. The molecular formula is C25H41N5O2. The summed E-state index contributed by atoms with van der Waals surface area (Å²) in [7, 11) is 0. The highest BCUT2D eigenvalue weighted by atomic mass is 16.2. The summed E-state index contributed by atoms with van der Waals surface area (Å²) in [5.41, 5.74) is 0. The Morgan fingerprint density at radius 2 is 1.69 bits per heavy atom. The summed E-state index contributed by atoms with van der Waals surface area (Å²) in [6, 6.07) is 0. The van der Waals surface area contributed by atoms with Crippen molar-refractivity contribution in [2.45, 2.75) is 52.4 Å². The van der Waals surface area contributed by atoms with Crippen molar-refractivity contribution in [2.75, 3.05) is 45.8 Å². The predicted octanol–water partition coefficient (Wildman–Crippen LogP) is 2.25. The van der Waals surface area contributed by atoms with E-state index < -0.39 is 0 Å². The average molecular weight is 444 g/mol. The molecule has 3 fully saturated rings. The Labute approximate surface area is 193 Å². The summed E-state index contributed by atoms with van der Waals surface area (Å²) in [4.78, 5) is 34.3. The van der Waals surface area contributed by atoms with E-state index in [9.17, 15) is 9.59 Å². The minimum Gasteiger partial charge on any atom is -0.357 e. The van der Waals surface area contributed by atoms with Crippen LogP contribution in [0, 0.1) is 29.6 Å². The molecule has 7 nitrogen and oxygen atoms in total. The zero-order chi connectivity index (χ0) is 22.5. The van der Waals surface area contributed by atoms with Gasteiger partial charge >= 0.3 is 0 Å². The van der Waals surface area contributed by atoms with Crippen molar-refractivity contribution in [1.82, 2.24) is 20.4 Å². The molecule has 0 aromatic carbocycles. The Bertz CT molecular complexity index is 698. The van der Waals surface area contributed by atoms with Crippen molar-refractivity contribution >= 4 is 17.8 Å². The normalized spacial score (nSPS) is 30.4. The summed E-state index contributed by atoms with van der Waals surface area (Å²) < 4.78 is 0. The molecule has 2 heterocycles. The number of amides is 2. The van der Waals surface area contributed by atoms with E-state index in [4.69, 9.17) is 0 Å². The van der Waals surface area contributed by atoms with Gasteiger partial charge in [0.2, 0.25) is 11.8 Å². The number of aliphatic imine (C=N–C) groups is 1. The van der Waals surface area contributed by atoms with Gasteiger partial charge in [-0.25, -0.2) is 0 Å². The van der Waals surface area contributed by atoms with Crippen LogP contribution in [0.15, 0.2) is 17.1 Å². The van der Waals surface area contributed by atoms with Crippen LogP contribution < -0.4 is 10.6 Å². The van der Waals surface area contributed by atoms with Crippen LogP contribution in [0.2, 0.25) is 0 Å². The number of unbranched alkanes of at least 4 members (excludes halogenated alkanes) is 1. The van der Waals surface area contributed by atoms with Crippen LogP contribution in [0.3, 0.4) is 0 Å². The van der Waals surface area contributed by atoms with Gasteiger partial charge in [0, 0.05) is 26.2 Å². The maximum atomic E-state index is 12.8. The fraction of sp³-hybridized carbons (Fsp3) is 0.800. The Kier molecular flexibility index (Phi) is 7.87. The first-order valence-corrected chi connectivity index (χ1v) is 12.9. The van der Waals surface area contributed by atoms with Crippen LogP contribution in [0.1, 0.15) is 52.4 Å². The van der Waals surface area contributed by atoms with E-state index in [0.717, 1.165) is 37.8 Å². The third-order valence-corrected chi connectivity index (χ3v) is 7.79. The number of nitrogens with one attached hydrogen (secondary N) is 2. The molecule has 2 aliphatic heterocycles. The maximum Gasteiger partial charge on any atom is 0.233 e. The van der Waals surface area contributed by atoms with Crippen LogP contribution in [0.5, 0.6) is 0 Å². The van der Waals surface area contributed by atoms with Gasteiger partial charge in [-0.1, -0.05) is 19.1 Å². The molecule has 2 N–H and O–H groups in total. The van der Waals surface area contributed by atoms with E-state index in [0.29, 0.717) is 19.5 Å². The molecule has 2 saturated heterocycles. The molecule has 1 saturated carbocycles. The minimum absolute atomic E-state index is 0.0500. The molecule has 32 heavy (non-hydrogen) atoms. The number of nitrogens with zero attached hydrogens (tertiary/aromatic N) is 3. The van der Waals surface area contributed by atoms with Crippen molar-refractivity contribution < 1.29 is 9.59 Å². The highest BCUT2D eigenvalue weighted by Crippen LogP contribution is 2.52. The summed E-state index contributed by atoms with van der Waals surface area (Å²) in [5, 5.41) is 6.73. The van der Waals surface area contributed by atoms with Gasteiger partial charge in [-0.15, -0.1) is 0 Å². The molecule has 0 aromatic heterocycles. The lowest BCUT2D eigenvalue weighted by atomic mass is 9.85. The molecule has 4 rings (SSSR count). The molecule has 4 aliphatic rings. The Morgan fingerprint density at radius 3 is 2.34 bits per heavy atom. The van der Waals surface area contributed by atoms with Gasteiger partial charge in [-0.3, -0.25) is 19.5 Å². The second kappa shape index (κ2) is 10.8. The minimum atomic E-state index is -0.0895. The van der Waals surface area contributed by atoms with Crippen molar-refractivity contribution in [3.63, 3.8) is 0 Å².